The largest absolute Gasteiger partial charge is 0.336 e. The van der Waals surface area contributed by atoms with Crippen molar-refractivity contribution in [2.75, 3.05) is 0 Å². The minimum Gasteiger partial charge on any atom is -0.336 e. The maximum Gasteiger partial charge on any atom is 0.318 e. The topological polar surface area (TPSA) is 37.3 Å². The van der Waals surface area contributed by atoms with E-state index in [0.29, 0.717) is 11.6 Å². The average Bonchev–Trinajstić information content (AvgIpc) is 3.30. The Morgan fingerprint density at radius 3 is 2.67 bits per heavy atom. The Balaban J connectivity index is 1.69. The lowest BCUT2D eigenvalue weighted by atomic mass is 9.95. The molecule has 2 amide bonds. The second-order valence-electron chi connectivity index (χ2n) is 8.48. The molecule has 1 aliphatic heterocycles. The molecule has 1 aliphatic carbocycles. The van der Waals surface area contributed by atoms with E-state index in [2.05, 4.69) is 28.2 Å². The molecule has 1 atom stereocenters. The van der Waals surface area contributed by atoms with Crippen LogP contribution < -0.4 is 5.32 Å². The predicted molar refractivity (Wildman–Crippen MR) is 123 cm³/mol. The summed E-state index contributed by atoms with van der Waals surface area (Å²) in [6.07, 6.45) is 6.90. The first-order chi connectivity index (χ1) is 14.5. The van der Waals surface area contributed by atoms with Crippen LogP contribution in [-0.2, 0) is 19.4 Å². The molecule has 0 bridgehead atoms. The van der Waals surface area contributed by atoms with Gasteiger partial charge in [-0.2, -0.15) is 0 Å². The Morgan fingerprint density at radius 2 is 1.90 bits per heavy atom. The minimum absolute atomic E-state index is 0.0266. The summed E-state index contributed by atoms with van der Waals surface area (Å²) >= 11 is 8.08. The van der Waals surface area contributed by atoms with Crippen molar-refractivity contribution in [1.82, 2.24) is 14.8 Å². The molecule has 3 aromatic rings. The summed E-state index contributed by atoms with van der Waals surface area (Å²) in [7, 11) is 0. The molecule has 3 heterocycles. The number of benzene rings is 1. The van der Waals surface area contributed by atoms with Crippen LogP contribution in [0.25, 0.3) is 5.00 Å². The van der Waals surface area contributed by atoms with E-state index in [1.807, 2.05) is 54.3 Å². The van der Waals surface area contributed by atoms with Crippen molar-refractivity contribution in [2.45, 2.75) is 58.2 Å². The zero-order chi connectivity index (χ0) is 20.8. The number of urea groups is 1. The van der Waals surface area contributed by atoms with E-state index >= 15 is 0 Å². The van der Waals surface area contributed by atoms with E-state index in [1.54, 1.807) is 0 Å². The Hall–Kier alpha value is -2.24. The van der Waals surface area contributed by atoms with E-state index < -0.39 is 0 Å². The maximum absolute atomic E-state index is 13.4. The molecule has 2 aliphatic rings. The third-order valence-corrected chi connectivity index (χ3v) is 7.62. The molecule has 0 fully saturated rings. The van der Waals surface area contributed by atoms with Crippen molar-refractivity contribution >= 4 is 29.0 Å². The van der Waals surface area contributed by atoms with Crippen LogP contribution in [0.1, 0.15) is 60.0 Å². The molecule has 2 aromatic heterocycles. The molecule has 0 spiro atoms. The number of carbonyl (C=O) groups excluding carboxylic acids is 1. The van der Waals surface area contributed by atoms with Gasteiger partial charge in [0.1, 0.15) is 5.00 Å². The molecule has 156 valence electrons. The number of hydrogen-bond acceptors (Lipinski definition) is 2. The first-order valence-corrected chi connectivity index (χ1v) is 11.9. The summed E-state index contributed by atoms with van der Waals surface area (Å²) in [5.74, 6) is 0. The molecule has 30 heavy (non-hydrogen) atoms. The predicted octanol–water partition coefficient (Wildman–Crippen LogP) is 6.09. The lowest BCUT2D eigenvalue weighted by Crippen LogP contribution is -2.44. The highest BCUT2D eigenvalue weighted by Crippen LogP contribution is 2.44. The number of hydrogen-bond donors (Lipinski definition) is 1. The standard InChI is InChI=1S/C24H26ClN3OS/c1-15(2)26-24(29)28-14-19-18-6-3-4-8-21(18)30-23(19)27-13-5-7-20(27)22(28)16-9-11-17(25)12-10-16/h5,7,9-13,15,22H,3-4,6,8,14H2,1-2H3,(H,26,29). The number of fused-ring (bicyclic) bond motifs is 5. The van der Waals surface area contributed by atoms with Crippen LogP contribution in [-0.4, -0.2) is 21.5 Å². The van der Waals surface area contributed by atoms with E-state index in [4.69, 9.17) is 11.6 Å². The van der Waals surface area contributed by atoms with Crippen molar-refractivity contribution in [3.63, 3.8) is 0 Å². The van der Waals surface area contributed by atoms with E-state index in [0.717, 1.165) is 24.1 Å². The molecule has 4 nitrogen and oxygen atoms in total. The second-order valence-corrected chi connectivity index (χ2v) is 10.0. The normalized spacial score (nSPS) is 17.9. The van der Waals surface area contributed by atoms with Crippen molar-refractivity contribution < 1.29 is 4.79 Å². The maximum atomic E-state index is 13.4. The molecule has 0 saturated heterocycles. The van der Waals surface area contributed by atoms with Gasteiger partial charge in [0.2, 0.25) is 0 Å². The fourth-order valence-electron chi connectivity index (χ4n) is 4.71. The zero-order valence-electron chi connectivity index (χ0n) is 17.3. The molecule has 5 rings (SSSR count). The monoisotopic (exact) mass is 439 g/mol. The van der Waals surface area contributed by atoms with Crippen molar-refractivity contribution in [3.8, 4) is 5.00 Å². The highest BCUT2D eigenvalue weighted by molar-refractivity contribution is 7.15. The number of rotatable bonds is 2. The van der Waals surface area contributed by atoms with Gasteiger partial charge >= 0.3 is 6.03 Å². The number of aromatic nitrogens is 1. The second kappa shape index (κ2) is 7.78. The van der Waals surface area contributed by atoms with Crippen molar-refractivity contribution in [3.05, 3.63) is 74.9 Å². The van der Waals surface area contributed by atoms with Crippen LogP contribution in [0, 0.1) is 0 Å². The molecular formula is C24H26ClN3OS. The van der Waals surface area contributed by atoms with E-state index in [9.17, 15) is 4.79 Å². The number of halogens is 1. The first-order valence-electron chi connectivity index (χ1n) is 10.7. The third-order valence-electron chi connectivity index (χ3n) is 6.04. The number of aryl methyl sites for hydroxylation is 1. The Bertz CT molecular complexity index is 1080. The van der Waals surface area contributed by atoms with Crippen LogP contribution in [0.3, 0.4) is 0 Å². The SMILES string of the molecule is CC(C)NC(=O)N1Cc2c(sc3c2CCCC3)-n2cccc2C1c1ccc(Cl)cc1. The van der Waals surface area contributed by atoms with Gasteiger partial charge in [-0.25, -0.2) is 4.79 Å². The number of amides is 2. The summed E-state index contributed by atoms with van der Waals surface area (Å²) in [6, 6.07) is 12.0. The van der Waals surface area contributed by atoms with Gasteiger partial charge in [0.25, 0.3) is 0 Å². The summed E-state index contributed by atoms with van der Waals surface area (Å²) in [4.78, 5) is 16.9. The summed E-state index contributed by atoms with van der Waals surface area (Å²) in [6.45, 7) is 4.63. The smallest absolute Gasteiger partial charge is 0.318 e. The highest BCUT2D eigenvalue weighted by atomic mass is 35.5. The molecule has 0 radical (unpaired) electrons. The third kappa shape index (κ3) is 3.34. The van der Waals surface area contributed by atoms with Gasteiger partial charge in [-0.3, -0.25) is 0 Å². The van der Waals surface area contributed by atoms with Gasteiger partial charge in [0.15, 0.2) is 0 Å². The average molecular weight is 440 g/mol. The number of thiophene rings is 1. The van der Waals surface area contributed by atoms with Crippen LogP contribution >= 0.6 is 22.9 Å². The molecular weight excluding hydrogens is 414 g/mol. The van der Waals surface area contributed by atoms with Crippen LogP contribution in [0.4, 0.5) is 4.79 Å². The van der Waals surface area contributed by atoms with Crippen LogP contribution in [0.15, 0.2) is 42.6 Å². The summed E-state index contributed by atoms with van der Waals surface area (Å²) in [5.41, 5.74) is 4.98. The van der Waals surface area contributed by atoms with E-state index in [-0.39, 0.29) is 18.1 Å². The molecule has 6 heteroatoms. The van der Waals surface area contributed by atoms with Crippen LogP contribution in [0.2, 0.25) is 5.02 Å². The number of nitrogens with zero attached hydrogens (tertiary/aromatic N) is 2. The lowest BCUT2D eigenvalue weighted by Gasteiger charge is -2.32. The Morgan fingerprint density at radius 1 is 1.13 bits per heavy atom. The number of carbonyl (C=O) groups is 1. The first kappa shape index (κ1) is 19.7. The minimum atomic E-state index is -0.171. The number of nitrogens with one attached hydrogen (secondary N) is 1. The van der Waals surface area contributed by atoms with Gasteiger partial charge in [-0.1, -0.05) is 23.7 Å². The molecule has 1 N–H and O–H groups in total. The fourth-order valence-corrected chi connectivity index (χ4v) is 6.24. The van der Waals surface area contributed by atoms with Gasteiger partial charge in [0, 0.05) is 27.7 Å². The molecule has 1 aromatic carbocycles. The quantitative estimate of drug-likeness (QED) is 0.515. The summed E-state index contributed by atoms with van der Waals surface area (Å²) < 4.78 is 2.31. The van der Waals surface area contributed by atoms with Crippen LogP contribution in [0.5, 0.6) is 0 Å². The highest BCUT2D eigenvalue weighted by Gasteiger charge is 2.36. The Kier molecular flexibility index (Phi) is 5.11. The van der Waals surface area contributed by atoms with Gasteiger partial charge in [-0.05, 0) is 74.9 Å². The van der Waals surface area contributed by atoms with Crippen molar-refractivity contribution in [1.29, 1.82) is 0 Å². The Labute approximate surface area is 186 Å². The van der Waals surface area contributed by atoms with Crippen molar-refractivity contribution in [2.24, 2.45) is 0 Å². The molecule has 1 unspecified atom stereocenters. The van der Waals surface area contributed by atoms with Gasteiger partial charge in [0.05, 0.1) is 18.3 Å². The van der Waals surface area contributed by atoms with E-state index in [1.165, 1.54) is 33.8 Å². The fraction of sp³-hybridized carbons (Fsp3) is 0.375. The van der Waals surface area contributed by atoms with Gasteiger partial charge in [-0.15, -0.1) is 11.3 Å². The van der Waals surface area contributed by atoms with Gasteiger partial charge < -0.3 is 14.8 Å². The zero-order valence-corrected chi connectivity index (χ0v) is 18.9. The molecule has 0 saturated carbocycles. The summed E-state index contributed by atoms with van der Waals surface area (Å²) in [5, 5.41) is 5.11. The lowest BCUT2D eigenvalue weighted by molar-refractivity contribution is 0.178.